The number of hydrogen-bond donors (Lipinski definition) is 2. The minimum absolute atomic E-state index is 0.147. The first-order valence-electron chi connectivity index (χ1n) is 11.1. The minimum Gasteiger partial charge on any atom is -0.370 e. The SMILES string of the molecule is Cc1cc(NC(=O)C(Nc2ccc(CC(=O)N3CCN(C)CC3)cc2)c2ccccc2)no1. The van der Waals surface area contributed by atoms with E-state index < -0.39 is 6.04 Å². The van der Waals surface area contributed by atoms with Gasteiger partial charge >= 0.3 is 0 Å². The molecule has 1 atom stereocenters. The number of carbonyl (C=O) groups is 2. The first-order chi connectivity index (χ1) is 16.0. The Balaban J connectivity index is 1.42. The van der Waals surface area contributed by atoms with Crippen LogP contribution in [0.15, 0.2) is 65.2 Å². The van der Waals surface area contributed by atoms with Crippen molar-refractivity contribution < 1.29 is 14.1 Å². The maximum atomic E-state index is 13.0. The summed E-state index contributed by atoms with van der Waals surface area (Å²) in [5, 5.41) is 9.95. The molecule has 1 aliphatic heterocycles. The molecule has 0 radical (unpaired) electrons. The molecule has 0 spiro atoms. The number of piperazine rings is 1. The van der Waals surface area contributed by atoms with Crippen LogP contribution < -0.4 is 10.6 Å². The van der Waals surface area contributed by atoms with Gasteiger partial charge < -0.3 is 25.0 Å². The molecule has 2 heterocycles. The van der Waals surface area contributed by atoms with Crippen molar-refractivity contribution in [3.63, 3.8) is 0 Å². The van der Waals surface area contributed by atoms with Crippen molar-refractivity contribution in [1.82, 2.24) is 15.0 Å². The van der Waals surface area contributed by atoms with E-state index >= 15 is 0 Å². The van der Waals surface area contributed by atoms with Gasteiger partial charge in [0.2, 0.25) is 5.91 Å². The molecule has 0 aliphatic carbocycles. The molecule has 1 saturated heterocycles. The number of nitrogens with zero attached hydrogens (tertiary/aromatic N) is 3. The molecular weight excluding hydrogens is 418 g/mol. The summed E-state index contributed by atoms with van der Waals surface area (Å²) in [5.74, 6) is 0.895. The summed E-state index contributed by atoms with van der Waals surface area (Å²) < 4.78 is 5.04. The highest BCUT2D eigenvalue weighted by atomic mass is 16.5. The maximum absolute atomic E-state index is 13.0. The summed E-state index contributed by atoms with van der Waals surface area (Å²) in [5.41, 5.74) is 2.55. The molecule has 1 fully saturated rings. The number of likely N-dealkylation sites (N-methyl/N-ethyl adjacent to an activating group) is 1. The van der Waals surface area contributed by atoms with Crippen LogP contribution in [0.25, 0.3) is 0 Å². The van der Waals surface area contributed by atoms with Gasteiger partial charge in [-0.1, -0.05) is 47.6 Å². The van der Waals surface area contributed by atoms with Crippen molar-refractivity contribution in [1.29, 1.82) is 0 Å². The molecule has 3 aromatic rings. The second-order valence-electron chi connectivity index (χ2n) is 8.36. The second kappa shape index (κ2) is 10.3. The van der Waals surface area contributed by atoms with Gasteiger partial charge in [-0.3, -0.25) is 9.59 Å². The fourth-order valence-corrected chi connectivity index (χ4v) is 3.80. The van der Waals surface area contributed by atoms with Crippen molar-refractivity contribution in [2.24, 2.45) is 0 Å². The predicted octanol–water partition coefficient (Wildman–Crippen LogP) is 3.09. The lowest BCUT2D eigenvalue weighted by molar-refractivity contribution is -0.132. The summed E-state index contributed by atoms with van der Waals surface area (Å²) in [6.45, 7) is 5.13. The number of nitrogens with one attached hydrogen (secondary N) is 2. The molecule has 2 N–H and O–H groups in total. The average molecular weight is 448 g/mol. The fraction of sp³-hybridized carbons (Fsp3) is 0.320. The van der Waals surface area contributed by atoms with E-state index in [2.05, 4.69) is 27.7 Å². The molecule has 172 valence electrons. The number of hydrogen-bond acceptors (Lipinski definition) is 6. The highest BCUT2D eigenvalue weighted by Gasteiger charge is 2.22. The van der Waals surface area contributed by atoms with E-state index in [1.54, 1.807) is 13.0 Å². The smallest absolute Gasteiger partial charge is 0.252 e. The van der Waals surface area contributed by atoms with Gasteiger partial charge in [-0.2, -0.15) is 0 Å². The van der Waals surface area contributed by atoms with E-state index in [-0.39, 0.29) is 11.8 Å². The average Bonchev–Trinajstić information content (AvgIpc) is 3.23. The van der Waals surface area contributed by atoms with Crippen LogP contribution in [-0.2, 0) is 16.0 Å². The van der Waals surface area contributed by atoms with Gasteiger partial charge in [0.1, 0.15) is 11.8 Å². The molecule has 33 heavy (non-hydrogen) atoms. The Labute approximate surface area is 193 Å². The summed E-state index contributed by atoms with van der Waals surface area (Å²) in [6.07, 6.45) is 0.373. The number of benzene rings is 2. The van der Waals surface area contributed by atoms with E-state index in [4.69, 9.17) is 4.52 Å². The molecule has 8 heteroatoms. The molecular formula is C25H29N5O3. The Morgan fingerprint density at radius 1 is 1.03 bits per heavy atom. The third kappa shape index (κ3) is 5.98. The van der Waals surface area contributed by atoms with Crippen LogP contribution in [0.1, 0.15) is 22.9 Å². The first kappa shape index (κ1) is 22.5. The van der Waals surface area contributed by atoms with E-state index in [0.29, 0.717) is 18.0 Å². The van der Waals surface area contributed by atoms with Crippen LogP contribution in [-0.4, -0.2) is 60.0 Å². The minimum atomic E-state index is -0.624. The predicted molar refractivity (Wildman–Crippen MR) is 127 cm³/mol. The molecule has 0 bridgehead atoms. The van der Waals surface area contributed by atoms with Crippen molar-refractivity contribution in [2.45, 2.75) is 19.4 Å². The van der Waals surface area contributed by atoms with Crippen molar-refractivity contribution in [3.8, 4) is 0 Å². The lowest BCUT2D eigenvalue weighted by Gasteiger charge is -2.32. The Bertz CT molecular complexity index is 1070. The highest BCUT2D eigenvalue weighted by Crippen LogP contribution is 2.22. The first-order valence-corrected chi connectivity index (χ1v) is 11.1. The number of amides is 2. The molecule has 1 aliphatic rings. The van der Waals surface area contributed by atoms with E-state index in [1.807, 2.05) is 59.5 Å². The Kier molecular flexibility index (Phi) is 7.04. The van der Waals surface area contributed by atoms with E-state index in [1.165, 1.54) is 0 Å². The molecule has 1 unspecified atom stereocenters. The zero-order valence-corrected chi connectivity index (χ0v) is 19.0. The highest BCUT2D eigenvalue weighted by molar-refractivity contribution is 5.96. The van der Waals surface area contributed by atoms with E-state index in [0.717, 1.165) is 43.0 Å². The van der Waals surface area contributed by atoms with Gasteiger partial charge in [-0.25, -0.2) is 0 Å². The summed E-state index contributed by atoms with van der Waals surface area (Å²) >= 11 is 0. The normalized spacial score (nSPS) is 15.2. The molecule has 2 aromatic carbocycles. The zero-order chi connectivity index (χ0) is 23.2. The summed E-state index contributed by atoms with van der Waals surface area (Å²) in [7, 11) is 2.07. The third-order valence-electron chi connectivity index (χ3n) is 5.75. The van der Waals surface area contributed by atoms with Gasteiger partial charge in [-0.05, 0) is 37.2 Å². The molecule has 4 rings (SSSR count). The van der Waals surface area contributed by atoms with Crippen LogP contribution >= 0.6 is 0 Å². The van der Waals surface area contributed by atoms with Gasteiger partial charge in [0.25, 0.3) is 5.91 Å². The van der Waals surface area contributed by atoms with Crippen LogP contribution in [0, 0.1) is 6.92 Å². The van der Waals surface area contributed by atoms with Crippen LogP contribution in [0.5, 0.6) is 0 Å². The quantitative estimate of drug-likeness (QED) is 0.579. The lowest BCUT2D eigenvalue weighted by Crippen LogP contribution is -2.47. The standard InChI is InChI=1S/C25H29N5O3/c1-18-16-22(28-33-18)27-25(32)24(20-6-4-3-5-7-20)26-21-10-8-19(9-11-21)17-23(31)30-14-12-29(2)13-15-30/h3-11,16,24,26H,12-15,17H2,1-2H3,(H,27,28,32). The van der Waals surface area contributed by atoms with Crippen LogP contribution in [0.2, 0.25) is 0 Å². The van der Waals surface area contributed by atoms with Crippen LogP contribution in [0.4, 0.5) is 11.5 Å². The number of aromatic nitrogens is 1. The molecule has 1 aromatic heterocycles. The van der Waals surface area contributed by atoms with E-state index in [9.17, 15) is 9.59 Å². The zero-order valence-electron chi connectivity index (χ0n) is 19.0. The second-order valence-corrected chi connectivity index (χ2v) is 8.36. The molecule has 2 amide bonds. The number of rotatable bonds is 7. The number of carbonyl (C=O) groups excluding carboxylic acids is 2. The van der Waals surface area contributed by atoms with Gasteiger partial charge in [0.15, 0.2) is 5.82 Å². The number of aryl methyl sites for hydroxylation is 1. The Morgan fingerprint density at radius 3 is 2.36 bits per heavy atom. The Morgan fingerprint density at radius 2 is 1.73 bits per heavy atom. The third-order valence-corrected chi connectivity index (χ3v) is 5.75. The van der Waals surface area contributed by atoms with Crippen molar-refractivity contribution in [2.75, 3.05) is 43.9 Å². The summed E-state index contributed by atoms with van der Waals surface area (Å²) in [6, 6.07) is 18.2. The van der Waals surface area contributed by atoms with Crippen molar-refractivity contribution >= 4 is 23.3 Å². The topological polar surface area (TPSA) is 90.7 Å². The Hall–Kier alpha value is -3.65. The molecule has 0 saturated carbocycles. The molecule has 8 nitrogen and oxygen atoms in total. The van der Waals surface area contributed by atoms with Gasteiger partial charge in [0.05, 0.1) is 6.42 Å². The fourth-order valence-electron chi connectivity index (χ4n) is 3.80. The largest absolute Gasteiger partial charge is 0.370 e. The van der Waals surface area contributed by atoms with Crippen molar-refractivity contribution in [3.05, 3.63) is 77.6 Å². The van der Waals surface area contributed by atoms with Gasteiger partial charge in [-0.15, -0.1) is 0 Å². The monoisotopic (exact) mass is 447 g/mol. The summed E-state index contributed by atoms with van der Waals surface area (Å²) in [4.78, 5) is 29.8. The van der Waals surface area contributed by atoms with Gasteiger partial charge in [0, 0.05) is 37.9 Å². The van der Waals surface area contributed by atoms with Crippen LogP contribution in [0.3, 0.4) is 0 Å². The lowest BCUT2D eigenvalue weighted by atomic mass is 10.0. The number of anilines is 2. The maximum Gasteiger partial charge on any atom is 0.252 e.